The molecule has 2 aromatic heterocycles. The summed E-state index contributed by atoms with van der Waals surface area (Å²) in [7, 11) is 0. The summed E-state index contributed by atoms with van der Waals surface area (Å²) in [6, 6.07) is 5.03. The van der Waals surface area contributed by atoms with E-state index in [9.17, 15) is 24.6 Å². The first kappa shape index (κ1) is 29.3. The molecule has 0 amide bonds. The van der Waals surface area contributed by atoms with Crippen LogP contribution in [0.5, 0.6) is 5.75 Å². The van der Waals surface area contributed by atoms with Crippen molar-refractivity contribution < 1.29 is 38.4 Å². The van der Waals surface area contributed by atoms with Crippen LogP contribution in [0, 0.1) is 22.7 Å². The molecule has 2 N–H and O–H groups in total. The number of aromatic nitrogens is 1. The fourth-order valence-electron chi connectivity index (χ4n) is 7.81. The summed E-state index contributed by atoms with van der Waals surface area (Å²) in [5, 5.41) is 23.7. The normalized spacial score (nSPS) is 35.7. The lowest BCUT2D eigenvalue weighted by Crippen LogP contribution is -2.71. The van der Waals surface area contributed by atoms with Crippen LogP contribution in [-0.2, 0) is 19.1 Å². The van der Waals surface area contributed by atoms with Crippen molar-refractivity contribution in [1.29, 1.82) is 0 Å². The molecule has 0 spiro atoms. The summed E-state index contributed by atoms with van der Waals surface area (Å²) in [6.45, 7) is 9.12. The lowest BCUT2D eigenvalue weighted by atomic mass is 9.42. The molecule has 41 heavy (non-hydrogen) atoms. The highest BCUT2D eigenvalue weighted by Crippen LogP contribution is 2.67. The van der Waals surface area contributed by atoms with Gasteiger partial charge in [-0.25, -0.2) is 4.79 Å². The highest BCUT2D eigenvalue weighted by molar-refractivity contribution is 5.69. The molecule has 0 radical (unpaired) electrons. The minimum atomic E-state index is -1.30. The van der Waals surface area contributed by atoms with Gasteiger partial charge < -0.3 is 28.8 Å². The number of rotatable bonds is 6. The first-order chi connectivity index (χ1) is 19.4. The van der Waals surface area contributed by atoms with E-state index in [-0.39, 0.29) is 60.8 Å². The van der Waals surface area contributed by atoms with E-state index in [4.69, 9.17) is 18.6 Å². The van der Waals surface area contributed by atoms with E-state index >= 15 is 0 Å². The number of ether oxygens (including phenoxy) is 3. The molecule has 0 aromatic carbocycles. The summed E-state index contributed by atoms with van der Waals surface area (Å²) in [5.74, 6) is -1.39. The molecule has 10 heteroatoms. The van der Waals surface area contributed by atoms with Crippen molar-refractivity contribution in [3.63, 3.8) is 0 Å². The molecule has 10 nitrogen and oxygen atoms in total. The minimum Gasteiger partial charge on any atom is -0.484 e. The van der Waals surface area contributed by atoms with E-state index in [0.29, 0.717) is 18.4 Å². The van der Waals surface area contributed by atoms with Crippen LogP contribution in [0.25, 0.3) is 11.3 Å². The summed E-state index contributed by atoms with van der Waals surface area (Å²) in [4.78, 5) is 42.1. The first-order valence-corrected chi connectivity index (χ1v) is 14.4. The van der Waals surface area contributed by atoms with E-state index in [1.807, 2.05) is 13.8 Å². The average molecular weight is 570 g/mol. The molecule has 2 aliphatic carbocycles. The van der Waals surface area contributed by atoms with Crippen molar-refractivity contribution in [3.8, 4) is 17.1 Å². The van der Waals surface area contributed by atoms with Gasteiger partial charge in [0.25, 0.3) is 0 Å². The van der Waals surface area contributed by atoms with Crippen LogP contribution < -0.4 is 10.4 Å². The molecule has 222 valence electrons. The molecule has 3 aliphatic rings. The molecule has 0 saturated heterocycles. The lowest BCUT2D eigenvalue weighted by molar-refractivity contribution is -0.267. The number of pyridine rings is 1. The molecular weight excluding hydrogens is 530 g/mol. The fraction of sp³-hybridized carbons (Fsp3) is 0.613. The maximum absolute atomic E-state index is 13.3. The summed E-state index contributed by atoms with van der Waals surface area (Å²) in [6.07, 6.45) is 1.88. The van der Waals surface area contributed by atoms with Crippen molar-refractivity contribution in [2.75, 3.05) is 6.61 Å². The number of carbonyl (C=O) groups is 2. The van der Waals surface area contributed by atoms with Crippen molar-refractivity contribution in [3.05, 3.63) is 46.6 Å². The van der Waals surface area contributed by atoms with Crippen molar-refractivity contribution >= 4 is 11.9 Å². The van der Waals surface area contributed by atoms with Gasteiger partial charge in [0.05, 0.1) is 12.2 Å². The predicted molar refractivity (Wildman–Crippen MR) is 147 cm³/mol. The standard InChI is InChI=1S/C31H39NO9/c1-6-23(34)38-16-30(4)20-14-21(33)31(5)27(29(20,3)11-10-22(30)40-24(35)7-2)26(36)25-19(41-31)13-18(39-28(25)37)17-9-8-12-32-15-17/h8-9,12-13,15,20-22,26-27,33,36H,6-7,10-11,14,16H2,1-5H3/t20-,21+,22+,26+,27-,29+,30?,31-/m1/s1. The van der Waals surface area contributed by atoms with Gasteiger partial charge in [-0.05, 0) is 49.7 Å². The molecule has 5 rings (SSSR count). The second-order valence-corrected chi connectivity index (χ2v) is 12.3. The van der Waals surface area contributed by atoms with Gasteiger partial charge in [-0.3, -0.25) is 14.6 Å². The van der Waals surface area contributed by atoms with E-state index in [0.717, 1.165) is 0 Å². The van der Waals surface area contributed by atoms with E-state index in [1.54, 1.807) is 51.4 Å². The molecule has 1 unspecified atom stereocenters. The van der Waals surface area contributed by atoms with Gasteiger partial charge in [-0.2, -0.15) is 0 Å². The third-order valence-electron chi connectivity index (χ3n) is 9.95. The van der Waals surface area contributed by atoms with Crippen LogP contribution in [0.4, 0.5) is 0 Å². The van der Waals surface area contributed by atoms with Crippen molar-refractivity contribution in [1.82, 2.24) is 4.98 Å². The minimum absolute atomic E-state index is 0.00726. The van der Waals surface area contributed by atoms with Gasteiger partial charge in [0.15, 0.2) is 0 Å². The Bertz CT molecular complexity index is 1380. The monoisotopic (exact) mass is 569 g/mol. The quantitative estimate of drug-likeness (QED) is 0.490. The molecule has 2 aromatic rings. The van der Waals surface area contributed by atoms with Crippen molar-refractivity contribution in [2.45, 2.75) is 90.6 Å². The van der Waals surface area contributed by atoms with E-state index in [2.05, 4.69) is 4.98 Å². The number of hydrogen-bond acceptors (Lipinski definition) is 10. The smallest absolute Gasteiger partial charge is 0.345 e. The van der Waals surface area contributed by atoms with Gasteiger partial charge in [-0.1, -0.05) is 27.7 Å². The topological polar surface area (TPSA) is 145 Å². The number of fused-ring (bicyclic) bond motifs is 4. The Kier molecular flexibility index (Phi) is 7.53. The molecular formula is C31H39NO9. The predicted octanol–water partition coefficient (Wildman–Crippen LogP) is 3.96. The van der Waals surface area contributed by atoms with Crippen LogP contribution in [0.2, 0.25) is 0 Å². The fourth-order valence-corrected chi connectivity index (χ4v) is 7.81. The number of hydrogen-bond donors (Lipinski definition) is 2. The lowest BCUT2D eigenvalue weighted by Gasteiger charge is -2.66. The van der Waals surface area contributed by atoms with Gasteiger partial charge >= 0.3 is 17.6 Å². The maximum atomic E-state index is 13.3. The second-order valence-electron chi connectivity index (χ2n) is 12.3. The Morgan fingerprint density at radius 3 is 2.54 bits per heavy atom. The Morgan fingerprint density at radius 1 is 1.15 bits per heavy atom. The average Bonchev–Trinajstić information content (AvgIpc) is 2.94. The Labute approximate surface area is 239 Å². The number of aliphatic hydroxyl groups excluding tert-OH is 2. The number of esters is 2. The first-order valence-electron chi connectivity index (χ1n) is 14.4. The Hall–Kier alpha value is -3.24. The zero-order valence-electron chi connectivity index (χ0n) is 24.2. The molecule has 2 saturated carbocycles. The zero-order chi connectivity index (χ0) is 29.7. The summed E-state index contributed by atoms with van der Waals surface area (Å²) in [5.41, 5.74) is -2.94. The third kappa shape index (κ3) is 4.65. The molecule has 0 bridgehead atoms. The van der Waals surface area contributed by atoms with Gasteiger partial charge in [-0.15, -0.1) is 0 Å². The van der Waals surface area contributed by atoms with Crippen LogP contribution in [0.3, 0.4) is 0 Å². The molecule has 1 aliphatic heterocycles. The Balaban J connectivity index is 1.59. The molecule has 8 atom stereocenters. The summed E-state index contributed by atoms with van der Waals surface area (Å²) < 4.78 is 23.7. The number of nitrogens with zero attached hydrogens (tertiary/aromatic N) is 1. The van der Waals surface area contributed by atoms with Crippen LogP contribution in [0.15, 0.2) is 39.8 Å². The number of carbonyl (C=O) groups excluding carboxylic acids is 2. The van der Waals surface area contributed by atoms with Crippen LogP contribution >= 0.6 is 0 Å². The highest BCUT2D eigenvalue weighted by atomic mass is 16.6. The number of aliphatic hydroxyl groups is 2. The largest absolute Gasteiger partial charge is 0.484 e. The van der Waals surface area contributed by atoms with Crippen LogP contribution in [0.1, 0.15) is 78.4 Å². The van der Waals surface area contributed by atoms with E-state index in [1.165, 1.54) is 0 Å². The highest BCUT2D eigenvalue weighted by Gasteiger charge is 2.69. The molecule has 2 fully saturated rings. The third-order valence-corrected chi connectivity index (χ3v) is 9.95. The van der Waals surface area contributed by atoms with Crippen LogP contribution in [-0.4, -0.2) is 51.6 Å². The zero-order valence-corrected chi connectivity index (χ0v) is 24.2. The SMILES string of the molecule is CCC(=O)OCC1(C)[C@@H](OC(=O)CC)CC[C@]2(C)[C@H]3[C@@H](O)c4c(cc(-c5cccnc5)oc4=O)O[C@]3(C)[C@@H](O)C[C@@H]12. The van der Waals surface area contributed by atoms with Gasteiger partial charge in [0.1, 0.15) is 35.4 Å². The summed E-state index contributed by atoms with van der Waals surface area (Å²) >= 11 is 0. The molecule has 3 heterocycles. The van der Waals surface area contributed by atoms with Gasteiger partial charge in [0.2, 0.25) is 0 Å². The van der Waals surface area contributed by atoms with E-state index < -0.39 is 46.3 Å². The van der Waals surface area contributed by atoms with Gasteiger partial charge in [0, 0.05) is 48.2 Å². The maximum Gasteiger partial charge on any atom is 0.345 e. The van der Waals surface area contributed by atoms with Crippen molar-refractivity contribution in [2.24, 2.45) is 22.7 Å². The Morgan fingerprint density at radius 2 is 1.88 bits per heavy atom. The second kappa shape index (κ2) is 10.5.